The minimum atomic E-state index is -4.96. The molecule has 0 aliphatic rings. The summed E-state index contributed by atoms with van der Waals surface area (Å²) in [6.07, 6.45) is 1.25. The van der Waals surface area contributed by atoms with E-state index in [0.717, 1.165) is 0 Å². The molecule has 0 saturated heterocycles. The molecule has 6 nitrogen and oxygen atoms in total. The monoisotopic (exact) mass is 236 g/mol. The molecule has 0 saturated carbocycles. The van der Waals surface area contributed by atoms with Crippen molar-refractivity contribution in [3.05, 3.63) is 11.5 Å². The van der Waals surface area contributed by atoms with Gasteiger partial charge in [-0.2, -0.15) is 13.4 Å². The lowest BCUT2D eigenvalue weighted by atomic mass is 10.6. The normalized spacial score (nSPS) is 12.1. The lowest BCUT2D eigenvalue weighted by Gasteiger charge is -1.94. The highest BCUT2D eigenvalue weighted by Crippen LogP contribution is 2.18. The van der Waals surface area contributed by atoms with Crippen molar-refractivity contribution in [3.8, 4) is 0 Å². The summed E-state index contributed by atoms with van der Waals surface area (Å²) in [7, 11) is -4.96. The second-order valence-corrected chi connectivity index (χ2v) is 3.93. The molecule has 0 aliphatic carbocycles. The summed E-state index contributed by atoms with van der Waals surface area (Å²) in [5.74, 6) is 0. The van der Waals surface area contributed by atoms with E-state index >= 15 is 0 Å². The molecule has 0 atom stereocenters. The van der Waals surface area contributed by atoms with Crippen LogP contribution in [0.15, 0.2) is 11.5 Å². The van der Waals surface area contributed by atoms with E-state index in [9.17, 15) is 12.3 Å². The Kier molecular flexibility index (Phi) is 1.89. The van der Waals surface area contributed by atoms with Crippen molar-refractivity contribution in [2.75, 3.05) is 0 Å². The smallest absolute Gasteiger partial charge is 0.341 e. The molecule has 2 aromatic heterocycles. The molecule has 2 rings (SSSR count). The maximum atomic E-state index is 12.5. The standard InChI is InChI=1S/C5H2ClFN4O2S/c6-3-2-4(9-1-8-2)11-5(10-3)14(7,12)13/h1H,(H,8,9,10,11). The summed E-state index contributed by atoms with van der Waals surface area (Å²) in [5.41, 5.74) is 0.264. The van der Waals surface area contributed by atoms with Gasteiger partial charge in [0.1, 0.15) is 5.52 Å². The van der Waals surface area contributed by atoms with Crippen LogP contribution in [0.25, 0.3) is 11.2 Å². The van der Waals surface area contributed by atoms with Crippen LogP contribution in [0.3, 0.4) is 0 Å². The van der Waals surface area contributed by atoms with Gasteiger partial charge in [0.15, 0.2) is 10.8 Å². The summed E-state index contributed by atoms with van der Waals surface area (Å²) in [6.45, 7) is 0. The highest BCUT2D eigenvalue weighted by molar-refractivity contribution is 7.86. The van der Waals surface area contributed by atoms with E-state index in [2.05, 4.69) is 19.9 Å². The predicted molar refractivity (Wildman–Crippen MR) is 45.0 cm³/mol. The first-order valence-electron chi connectivity index (χ1n) is 3.30. The lowest BCUT2D eigenvalue weighted by molar-refractivity contribution is 0.542. The highest BCUT2D eigenvalue weighted by Gasteiger charge is 2.19. The number of nitrogens with one attached hydrogen (secondary N) is 1. The largest absolute Gasteiger partial charge is 0.368 e. The van der Waals surface area contributed by atoms with Crippen LogP contribution in [0, 0.1) is 0 Å². The first-order valence-corrected chi connectivity index (χ1v) is 5.06. The van der Waals surface area contributed by atoms with E-state index in [0.29, 0.717) is 0 Å². The molecular formula is C5H2ClFN4O2S. The van der Waals surface area contributed by atoms with Crippen molar-refractivity contribution in [1.82, 2.24) is 19.9 Å². The van der Waals surface area contributed by atoms with E-state index in [1.54, 1.807) is 0 Å². The number of hydrogen-bond acceptors (Lipinski definition) is 5. The van der Waals surface area contributed by atoms with E-state index in [1.807, 2.05) is 0 Å². The van der Waals surface area contributed by atoms with Crippen LogP contribution in [0.2, 0.25) is 5.15 Å². The molecule has 14 heavy (non-hydrogen) atoms. The van der Waals surface area contributed by atoms with Gasteiger partial charge in [-0.05, 0) is 0 Å². The highest BCUT2D eigenvalue weighted by atomic mass is 35.5. The number of imidazole rings is 1. The third-order valence-corrected chi connectivity index (χ3v) is 2.33. The third kappa shape index (κ3) is 1.42. The van der Waals surface area contributed by atoms with Gasteiger partial charge in [-0.3, -0.25) is 0 Å². The molecule has 1 N–H and O–H groups in total. The van der Waals surface area contributed by atoms with Gasteiger partial charge in [0.05, 0.1) is 6.33 Å². The molecule has 0 radical (unpaired) electrons. The van der Waals surface area contributed by atoms with Crippen molar-refractivity contribution in [2.45, 2.75) is 5.16 Å². The molecule has 74 valence electrons. The minimum Gasteiger partial charge on any atom is -0.341 e. The summed E-state index contributed by atoms with van der Waals surface area (Å²) in [5, 5.41) is -1.18. The number of H-pyrrole nitrogens is 1. The third-order valence-electron chi connectivity index (χ3n) is 1.44. The van der Waals surface area contributed by atoms with Gasteiger partial charge in [-0.15, -0.1) is 0 Å². The summed E-state index contributed by atoms with van der Waals surface area (Å²) < 4.78 is 33.4. The molecular weight excluding hydrogens is 235 g/mol. The molecule has 0 amide bonds. The fourth-order valence-corrected chi connectivity index (χ4v) is 1.55. The fraction of sp³-hybridized carbons (Fsp3) is 0. The first kappa shape index (κ1) is 9.28. The van der Waals surface area contributed by atoms with E-state index in [-0.39, 0.29) is 16.3 Å². The van der Waals surface area contributed by atoms with E-state index in [1.165, 1.54) is 6.33 Å². The number of aromatic nitrogens is 4. The SMILES string of the molecule is O=S(=O)(F)c1nc(Cl)c2[nH]cnc2n1. The van der Waals surface area contributed by atoms with Gasteiger partial charge >= 0.3 is 10.2 Å². The van der Waals surface area contributed by atoms with Gasteiger partial charge in [-0.1, -0.05) is 15.5 Å². The Labute approximate surface area is 82.4 Å². The summed E-state index contributed by atoms with van der Waals surface area (Å²) >= 11 is 5.56. The zero-order valence-electron chi connectivity index (χ0n) is 6.40. The van der Waals surface area contributed by atoms with Gasteiger partial charge in [0, 0.05) is 0 Å². The zero-order chi connectivity index (χ0) is 10.3. The topological polar surface area (TPSA) is 88.6 Å². The van der Waals surface area contributed by atoms with Crippen LogP contribution in [-0.2, 0) is 10.2 Å². The van der Waals surface area contributed by atoms with E-state index in [4.69, 9.17) is 11.6 Å². The quantitative estimate of drug-likeness (QED) is 0.446. The Morgan fingerprint density at radius 1 is 1.43 bits per heavy atom. The number of halogens is 2. The molecule has 0 unspecified atom stereocenters. The van der Waals surface area contributed by atoms with Crippen molar-refractivity contribution >= 4 is 33.0 Å². The van der Waals surface area contributed by atoms with Gasteiger partial charge < -0.3 is 4.98 Å². The predicted octanol–water partition coefficient (Wildman–Crippen LogP) is 0.664. The Morgan fingerprint density at radius 3 is 2.79 bits per heavy atom. The number of fused-ring (bicyclic) bond motifs is 1. The molecule has 2 aromatic rings. The molecule has 0 bridgehead atoms. The molecule has 0 fully saturated rings. The zero-order valence-corrected chi connectivity index (χ0v) is 7.97. The second-order valence-electron chi connectivity index (χ2n) is 2.34. The van der Waals surface area contributed by atoms with Crippen LogP contribution < -0.4 is 0 Å². The van der Waals surface area contributed by atoms with Crippen LogP contribution >= 0.6 is 11.6 Å². The van der Waals surface area contributed by atoms with Gasteiger partial charge in [-0.25, -0.2) is 9.97 Å². The van der Waals surface area contributed by atoms with Crippen LogP contribution in [0.1, 0.15) is 0 Å². The minimum absolute atomic E-state index is 0.00113. The molecule has 0 aromatic carbocycles. The van der Waals surface area contributed by atoms with Crippen LogP contribution in [0.4, 0.5) is 3.89 Å². The molecule has 0 aliphatic heterocycles. The van der Waals surface area contributed by atoms with Crippen molar-refractivity contribution in [2.24, 2.45) is 0 Å². The van der Waals surface area contributed by atoms with Gasteiger partial charge in [0.25, 0.3) is 5.16 Å². The number of nitrogens with zero attached hydrogens (tertiary/aromatic N) is 3. The van der Waals surface area contributed by atoms with E-state index < -0.39 is 15.4 Å². The Balaban J connectivity index is 2.83. The molecule has 0 spiro atoms. The second kappa shape index (κ2) is 2.85. The molecule has 2 heterocycles. The van der Waals surface area contributed by atoms with Gasteiger partial charge in [0.2, 0.25) is 0 Å². The van der Waals surface area contributed by atoms with Crippen molar-refractivity contribution in [3.63, 3.8) is 0 Å². The lowest BCUT2D eigenvalue weighted by Crippen LogP contribution is -2.00. The first-order chi connectivity index (χ1) is 6.48. The Morgan fingerprint density at radius 2 is 2.14 bits per heavy atom. The van der Waals surface area contributed by atoms with Crippen LogP contribution in [0.5, 0.6) is 0 Å². The van der Waals surface area contributed by atoms with Crippen LogP contribution in [-0.4, -0.2) is 28.4 Å². The Bertz CT molecular complexity index is 595. The summed E-state index contributed by atoms with van der Waals surface area (Å²) in [6, 6.07) is 0. The average Bonchev–Trinajstić information content (AvgIpc) is 2.50. The number of rotatable bonds is 1. The molecule has 9 heteroatoms. The van der Waals surface area contributed by atoms with Crippen molar-refractivity contribution in [1.29, 1.82) is 0 Å². The van der Waals surface area contributed by atoms with Crippen molar-refractivity contribution < 1.29 is 12.3 Å². The number of aromatic amines is 1. The number of hydrogen-bond donors (Lipinski definition) is 1. The average molecular weight is 237 g/mol. The Hall–Kier alpha value is -1.28. The summed E-state index contributed by atoms with van der Waals surface area (Å²) in [4.78, 5) is 12.8. The fourth-order valence-electron chi connectivity index (χ4n) is 0.888. The maximum Gasteiger partial charge on any atom is 0.368 e. The maximum absolute atomic E-state index is 12.5.